The van der Waals surface area contributed by atoms with Gasteiger partial charge in [0.15, 0.2) is 0 Å². The normalized spacial score (nSPS) is 23.6. The van der Waals surface area contributed by atoms with Gasteiger partial charge in [0.25, 0.3) is 0 Å². The lowest BCUT2D eigenvalue weighted by Gasteiger charge is -2.28. The number of carbonyl (C=O) groups is 1. The first-order valence-electron chi connectivity index (χ1n) is 6.60. The van der Waals surface area contributed by atoms with Crippen LogP contribution in [0.2, 0.25) is 5.02 Å². The summed E-state index contributed by atoms with van der Waals surface area (Å²) in [6.07, 6.45) is 0.852. The molecule has 1 aliphatic heterocycles. The van der Waals surface area contributed by atoms with Crippen LogP contribution in [0, 0.1) is 0 Å². The fourth-order valence-corrected chi connectivity index (χ4v) is 2.97. The number of aromatic carboxylic acids is 1. The SMILES string of the molecule is CC1(C)CC(Nc2ccc(Cl)c(C(=O)O)c2)C(C)(C)O1. The van der Waals surface area contributed by atoms with Gasteiger partial charge >= 0.3 is 5.97 Å². The van der Waals surface area contributed by atoms with E-state index in [1.807, 2.05) is 13.8 Å². The molecule has 2 rings (SSSR count). The van der Waals surface area contributed by atoms with E-state index in [1.165, 1.54) is 0 Å². The highest BCUT2D eigenvalue weighted by molar-refractivity contribution is 6.33. The average Bonchev–Trinajstić information content (AvgIpc) is 2.49. The van der Waals surface area contributed by atoms with Crippen LogP contribution in [0.4, 0.5) is 5.69 Å². The molecule has 0 amide bonds. The van der Waals surface area contributed by atoms with Crippen molar-refractivity contribution in [3.8, 4) is 0 Å². The van der Waals surface area contributed by atoms with Crippen molar-refractivity contribution in [3.63, 3.8) is 0 Å². The second-order valence-corrected chi connectivity index (χ2v) is 6.77. The van der Waals surface area contributed by atoms with Crippen LogP contribution >= 0.6 is 11.6 Å². The number of nitrogens with one attached hydrogen (secondary N) is 1. The van der Waals surface area contributed by atoms with Gasteiger partial charge in [0, 0.05) is 5.69 Å². The van der Waals surface area contributed by atoms with Crippen molar-refractivity contribution in [3.05, 3.63) is 28.8 Å². The molecule has 1 aromatic carbocycles. The molecule has 0 spiro atoms. The number of hydrogen-bond acceptors (Lipinski definition) is 3. The molecule has 5 heteroatoms. The van der Waals surface area contributed by atoms with Gasteiger partial charge in [-0.15, -0.1) is 0 Å². The zero-order valence-electron chi connectivity index (χ0n) is 12.2. The molecule has 1 aliphatic rings. The summed E-state index contributed by atoms with van der Waals surface area (Å²) in [7, 11) is 0. The molecule has 0 bridgehead atoms. The molecule has 0 aliphatic carbocycles. The molecule has 0 saturated carbocycles. The molecule has 1 aromatic rings. The lowest BCUT2D eigenvalue weighted by Crippen LogP contribution is -2.38. The van der Waals surface area contributed by atoms with E-state index in [-0.39, 0.29) is 27.8 Å². The Morgan fingerprint density at radius 1 is 1.40 bits per heavy atom. The van der Waals surface area contributed by atoms with E-state index < -0.39 is 5.97 Å². The van der Waals surface area contributed by atoms with Gasteiger partial charge in [-0.05, 0) is 52.3 Å². The molecule has 1 unspecified atom stereocenters. The first-order chi connectivity index (χ1) is 9.11. The number of hydrogen-bond donors (Lipinski definition) is 2. The maximum atomic E-state index is 11.1. The Kier molecular flexibility index (Phi) is 3.73. The number of anilines is 1. The summed E-state index contributed by atoms with van der Waals surface area (Å²) in [6.45, 7) is 8.18. The van der Waals surface area contributed by atoms with Crippen molar-refractivity contribution < 1.29 is 14.6 Å². The van der Waals surface area contributed by atoms with Gasteiger partial charge in [-0.3, -0.25) is 0 Å². The number of carboxylic acid groups (broad SMARTS) is 1. The smallest absolute Gasteiger partial charge is 0.337 e. The first kappa shape index (κ1) is 15.1. The largest absolute Gasteiger partial charge is 0.478 e. The predicted octanol–water partition coefficient (Wildman–Crippen LogP) is 3.80. The number of carboxylic acids is 1. The summed E-state index contributed by atoms with van der Waals surface area (Å²) in [6, 6.07) is 5.06. The van der Waals surface area contributed by atoms with Crippen molar-refractivity contribution in [2.75, 3.05) is 5.32 Å². The van der Waals surface area contributed by atoms with Crippen LogP contribution in [0.15, 0.2) is 18.2 Å². The minimum atomic E-state index is -1.03. The standard InChI is InChI=1S/C15H20ClNO3/c1-14(2)8-12(15(3,4)20-14)17-9-5-6-11(16)10(7-9)13(18)19/h5-7,12,17H,8H2,1-4H3,(H,18,19). The second kappa shape index (κ2) is 4.93. The van der Waals surface area contributed by atoms with E-state index in [0.29, 0.717) is 0 Å². The number of rotatable bonds is 3. The van der Waals surface area contributed by atoms with Gasteiger partial charge in [-0.1, -0.05) is 11.6 Å². The van der Waals surface area contributed by atoms with Crippen LogP contribution < -0.4 is 5.32 Å². The Labute approximate surface area is 124 Å². The van der Waals surface area contributed by atoms with Crippen LogP contribution in [0.25, 0.3) is 0 Å². The van der Waals surface area contributed by atoms with Crippen molar-refractivity contribution >= 4 is 23.3 Å². The highest BCUT2D eigenvalue weighted by atomic mass is 35.5. The minimum absolute atomic E-state index is 0.104. The van der Waals surface area contributed by atoms with E-state index in [2.05, 4.69) is 19.2 Å². The zero-order chi connectivity index (χ0) is 15.1. The molecule has 0 aromatic heterocycles. The topological polar surface area (TPSA) is 58.6 Å². The maximum Gasteiger partial charge on any atom is 0.337 e. The van der Waals surface area contributed by atoms with E-state index in [1.54, 1.807) is 18.2 Å². The molecule has 0 radical (unpaired) electrons. The second-order valence-electron chi connectivity index (χ2n) is 6.37. The molecule has 20 heavy (non-hydrogen) atoms. The fraction of sp³-hybridized carbons (Fsp3) is 0.533. The first-order valence-corrected chi connectivity index (χ1v) is 6.98. The average molecular weight is 298 g/mol. The van der Waals surface area contributed by atoms with Gasteiger partial charge in [0.05, 0.1) is 27.8 Å². The van der Waals surface area contributed by atoms with Gasteiger partial charge < -0.3 is 15.2 Å². The molecule has 1 fully saturated rings. The monoisotopic (exact) mass is 297 g/mol. The van der Waals surface area contributed by atoms with Crippen molar-refractivity contribution in [2.45, 2.75) is 51.4 Å². The van der Waals surface area contributed by atoms with E-state index in [4.69, 9.17) is 21.4 Å². The van der Waals surface area contributed by atoms with Crippen molar-refractivity contribution in [1.82, 2.24) is 0 Å². The van der Waals surface area contributed by atoms with Crippen LogP contribution in [-0.2, 0) is 4.74 Å². The fourth-order valence-electron chi connectivity index (χ4n) is 2.77. The molecule has 1 saturated heterocycles. The summed E-state index contributed by atoms with van der Waals surface area (Å²) in [5.74, 6) is -1.03. The Morgan fingerprint density at radius 3 is 2.55 bits per heavy atom. The lowest BCUT2D eigenvalue weighted by molar-refractivity contribution is -0.0662. The highest BCUT2D eigenvalue weighted by Crippen LogP contribution is 2.39. The highest BCUT2D eigenvalue weighted by Gasteiger charge is 2.45. The van der Waals surface area contributed by atoms with Gasteiger partial charge in [0.2, 0.25) is 0 Å². The quantitative estimate of drug-likeness (QED) is 0.891. The summed E-state index contributed by atoms with van der Waals surface area (Å²) in [5.41, 5.74) is 0.342. The van der Waals surface area contributed by atoms with E-state index >= 15 is 0 Å². The molecule has 2 N–H and O–H groups in total. The Hall–Kier alpha value is -1.26. The van der Waals surface area contributed by atoms with Crippen LogP contribution in [-0.4, -0.2) is 28.3 Å². The van der Waals surface area contributed by atoms with Crippen LogP contribution in [0.3, 0.4) is 0 Å². The van der Waals surface area contributed by atoms with Gasteiger partial charge in [-0.2, -0.15) is 0 Å². The van der Waals surface area contributed by atoms with Crippen molar-refractivity contribution in [1.29, 1.82) is 0 Å². The number of benzene rings is 1. The predicted molar refractivity (Wildman–Crippen MR) is 79.7 cm³/mol. The zero-order valence-corrected chi connectivity index (χ0v) is 12.9. The summed E-state index contributed by atoms with van der Waals surface area (Å²) in [4.78, 5) is 11.1. The van der Waals surface area contributed by atoms with Gasteiger partial charge in [0.1, 0.15) is 0 Å². The molecular formula is C15H20ClNO3. The van der Waals surface area contributed by atoms with E-state index in [9.17, 15) is 4.79 Å². The summed E-state index contributed by atoms with van der Waals surface area (Å²) >= 11 is 5.88. The van der Waals surface area contributed by atoms with Crippen LogP contribution in [0.1, 0.15) is 44.5 Å². The molecular weight excluding hydrogens is 278 g/mol. The third kappa shape index (κ3) is 3.07. The maximum absolute atomic E-state index is 11.1. The summed E-state index contributed by atoms with van der Waals surface area (Å²) < 4.78 is 6.02. The Bertz CT molecular complexity index is 540. The number of halogens is 1. The third-order valence-corrected chi connectivity index (χ3v) is 3.94. The molecule has 4 nitrogen and oxygen atoms in total. The lowest BCUT2D eigenvalue weighted by atomic mass is 9.94. The third-order valence-electron chi connectivity index (χ3n) is 3.61. The van der Waals surface area contributed by atoms with Crippen LogP contribution in [0.5, 0.6) is 0 Å². The molecule has 1 atom stereocenters. The van der Waals surface area contributed by atoms with Gasteiger partial charge in [-0.25, -0.2) is 4.79 Å². The van der Waals surface area contributed by atoms with Crippen molar-refractivity contribution in [2.24, 2.45) is 0 Å². The Balaban J connectivity index is 2.23. The molecule has 110 valence electrons. The molecule has 1 heterocycles. The Morgan fingerprint density at radius 2 is 2.05 bits per heavy atom. The number of ether oxygens (including phenoxy) is 1. The van der Waals surface area contributed by atoms with E-state index in [0.717, 1.165) is 12.1 Å². The minimum Gasteiger partial charge on any atom is -0.478 e. The summed E-state index contributed by atoms with van der Waals surface area (Å²) in [5, 5.41) is 12.7.